The van der Waals surface area contributed by atoms with Gasteiger partial charge in [-0.15, -0.1) is 11.3 Å². The Bertz CT molecular complexity index is 1320. The van der Waals surface area contributed by atoms with Crippen molar-refractivity contribution in [2.75, 3.05) is 16.6 Å². The van der Waals surface area contributed by atoms with Crippen molar-refractivity contribution >= 4 is 78.4 Å². The number of thiazole rings is 1. The molecule has 2 N–H and O–H groups in total. The fourth-order valence-corrected chi connectivity index (χ4v) is 5.89. The third kappa shape index (κ3) is 5.66. The van der Waals surface area contributed by atoms with Crippen molar-refractivity contribution in [1.82, 2.24) is 9.88 Å². The van der Waals surface area contributed by atoms with Crippen molar-refractivity contribution < 1.29 is 18.0 Å². The summed E-state index contributed by atoms with van der Waals surface area (Å²) >= 11 is 7.58. The SMILES string of the molecule is O=C(CN1C(=O)/C(=C/c2ccccc2)SC1=S)Nc1ccc(S(=O)(=O)Nc2nccs2)cc1. The Morgan fingerprint density at radius 1 is 1.12 bits per heavy atom. The number of anilines is 2. The van der Waals surface area contributed by atoms with Gasteiger partial charge < -0.3 is 5.32 Å². The molecular weight excluding hydrogens is 501 g/mol. The molecule has 168 valence electrons. The van der Waals surface area contributed by atoms with Crippen LogP contribution in [0.3, 0.4) is 0 Å². The lowest BCUT2D eigenvalue weighted by atomic mass is 10.2. The maximum atomic E-state index is 12.7. The molecule has 0 saturated carbocycles. The van der Waals surface area contributed by atoms with Gasteiger partial charge in [0.2, 0.25) is 5.91 Å². The first-order valence-electron chi connectivity index (χ1n) is 9.44. The van der Waals surface area contributed by atoms with Crippen LogP contribution < -0.4 is 10.0 Å². The van der Waals surface area contributed by atoms with E-state index in [0.29, 0.717) is 14.9 Å². The summed E-state index contributed by atoms with van der Waals surface area (Å²) in [5.74, 6) is -0.789. The van der Waals surface area contributed by atoms with Gasteiger partial charge in [-0.3, -0.25) is 19.2 Å². The normalized spacial score (nSPS) is 15.2. The maximum Gasteiger partial charge on any atom is 0.266 e. The zero-order valence-corrected chi connectivity index (χ0v) is 20.1. The maximum absolute atomic E-state index is 12.7. The predicted molar refractivity (Wildman–Crippen MR) is 134 cm³/mol. The molecule has 2 aromatic carbocycles. The Morgan fingerprint density at radius 2 is 1.85 bits per heavy atom. The molecule has 0 spiro atoms. The van der Waals surface area contributed by atoms with Crippen LogP contribution in [-0.2, 0) is 19.6 Å². The van der Waals surface area contributed by atoms with Crippen LogP contribution in [0, 0.1) is 0 Å². The summed E-state index contributed by atoms with van der Waals surface area (Å²) in [4.78, 5) is 30.8. The molecule has 33 heavy (non-hydrogen) atoms. The molecule has 1 aliphatic heterocycles. The van der Waals surface area contributed by atoms with Gasteiger partial charge in [-0.1, -0.05) is 54.3 Å². The zero-order valence-electron chi connectivity index (χ0n) is 16.8. The van der Waals surface area contributed by atoms with Gasteiger partial charge in [0.15, 0.2) is 5.13 Å². The summed E-state index contributed by atoms with van der Waals surface area (Å²) in [6, 6.07) is 15.0. The quantitative estimate of drug-likeness (QED) is 0.363. The van der Waals surface area contributed by atoms with Gasteiger partial charge in [0, 0.05) is 17.3 Å². The number of rotatable bonds is 7. The molecule has 1 saturated heterocycles. The number of hydrogen-bond acceptors (Lipinski definition) is 8. The number of carbonyl (C=O) groups is 2. The second-order valence-corrected chi connectivity index (χ2v) is 10.9. The fourth-order valence-electron chi connectivity index (χ4n) is 2.85. The van der Waals surface area contributed by atoms with Crippen molar-refractivity contribution in [3.05, 3.63) is 76.6 Å². The van der Waals surface area contributed by atoms with Gasteiger partial charge >= 0.3 is 0 Å². The molecule has 0 bridgehead atoms. The fraction of sp³-hybridized carbons (Fsp3) is 0.0476. The number of sulfonamides is 1. The first-order chi connectivity index (χ1) is 15.8. The standard InChI is InChI=1S/C21H16N4O4S4/c26-18(13-25-19(27)17(32-21(25)30)12-14-4-2-1-3-5-14)23-15-6-8-16(9-7-15)33(28,29)24-20-22-10-11-31-20/h1-12H,13H2,(H,22,24)(H,23,26)/b17-12-. The average molecular weight is 517 g/mol. The lowest BCUT2D eigenvalue weighted by molar-refractivity contribution is -0.126. The summed E-state index contributed by atoms with van der Waals surface area (Å²) in [7, 11) is -3.79. The molecule has 4 rings (SSSR count). The van der Waals surface area contributed by atoms with Crippen molar-refractivity contribution in [1.29, 1.82) is 0 Å². The van der Waals surface area contributed by atoms with Crippen LogP contribution in [-0.4, -0.2) is 41.0 Å². The van der Waals surface area contributed by atoms with E-state index in [1.54, 1.807) is 11.5 Å². The first-order valence-corrected chi connectivity index (χ1v) is 13.0. The summed E-state index contributed by atoms with van der Waals surface area (Å²) in [5.41, 5.74) is 1.25. The number of thioether (sulfide) groups is 1. The van der Waals surface area contributed by atoms with Crippen LogP contribution in [0.25, 0.3) is 6.08 Å². The highest BCUT2D eigenvalue weighted by molar-refractivity contribution is 8.26. The lowest BCUT2D eigenvalue weighted by Gasteiger charge is -2.14. The molecule has 2 amide bonds. The Morgan fingerprint density at radius 3 is 2.52 bits per heavy atom. The smallest absolute Gasteiger partial charge is 0.266 e. The highest BCUT2D eigenvalue weighted by atomic mass is 32.2. The van der Waals surface area contributed by atoms with E-state index < -0.39 is 15.9 Å². The predicted octanol–water partition coefficient (Wildman–Crippen LogP) is 3.78. The Labute approximate surface area is 203 Å². The van der Waals surface area contributed by atoms with E-state index in [2.05, 4.69) is 15.0 Å². The Hall–Kier alpha value is -3.06. The molecule has 2 heterocycles. The van der Waals surface area contributed by atoms with Gasteiger partial charge in [-0.25, -0.2) is 13.4 Å². The van der Waals surface area contributed by atoms with Crippen molar-refractivity contribution in [3.63, 3.8) is 0 Å². The summed E-state index contributed by atoms with van der Waals surface area (Å²) in [6.07, 6.45) is 3.23. The monoisotopic (exact) mass is 516 g/mol. The van der Waals surface area contributed by atoms with E-state index in [9.17, 15) is 18.0 Å². The van der Waals surface area contributed by atoms with Crippen LogP contribution in [0.4, 0.5) is 10.8 Å². The largest absolute Gasteiger partial charge is 0.325 e. The number of hydrogen-bond donors (Lipinski definition) is 2. The van der Waals surface area contributed by atoms with Gasteiger partial charge in [0.05, 0.1) is 9.80 Å². The van der Waals surface area contributed by atoms with Gasteiger partial charge in [-0.2, -0.15) is 0 Å². The number of nitrogens with zero attached hydrogens (tertiary/aromatic N) is 2. The molecule has 1 fully saturated rings. The second-order valence-electron chi connectivity index (χ2n) is 6.69. The molecule has 0 radical (unpaired) electrons. The molecule has 0 aliphatic carbocycles. The van der Waals surface area contributed by atoms with E-state index in [-0.39, 0.29) is 22.5 Å². The Balaban J connectivity index is 1.38. The van der Waals surface area contributed by atoms with Crippen molar-refractivity contribution in [2.24, 2.45) is 0 Å². The van der Waals surface area contributed by atoms with Crippen LogP contribution in [0.1, 0.15) is 5.56 Å². The zero-order chi connectivity index (χ0) is 23.4. The van der Waals surface area contributed by atoms with Crippen LogP contribution >= 0.6 is 35.3 Å². The number of carbonyl (C=O) groups excluding carboxylic acids is 2. The average Bonchev–Trinajstić information content (AvgIpc) is 3.38. The minimum absolute atomic E-state index is 0.0266. The van der Waals surface area contributed by atoms with E-state index in [1.807, 2.05) is 30.3 Å². The van der Waals surface area contributed by atoms with E-state index in [1.165, 1.54) is 35.4 Å². The van der Waals surface area contributed by atoms with Crippen LogP contribution in [0.5, 0.6) is 0 Å². The van der Waals surface area contributed by atoms with Gasteiger partial charge in [-0.05, 0) is 35.9 Å². The van der Waals surface area contributed by atoms with Gasteiger partial charge in [0.1, 0.15) is 10.9 Å². The topological polar surface area (TPSA) is 108 Å². The molecule has 12 heteroatoms. The summed E-state index contributed by atoms with van der Waals surface area (Å²) in [6.45, 7) is -0.248. The summed E-state index contributed by atoms with van der Waals surface area (Å²) in [5, 5.41) is 4.57. The van der Waals surface area contributed by atoms with Gasteiger partial charge in [0.25, 0.3) is 15.9 Å². The molecule has 1 aliphatic rings. The number of thiocarbonyl (C=S) groups is 1. The van der Waals surface area contributed by atoms with E-state index >= 15 is 0 Å². The van der Waals surface area contributed by atoms with E-state index in [4.69, 9.17) is 12.2 Å². The highest BCUT2D eigenvalue weighted by Crippen LogP contribution is 2.32. The number of aromatic nitrogens is 1. The van der Waals surface area contributed by atoms with Crippen LogP contribution in [0.15, 0.2) is 76.0 Å². The minimum Gasteiger partial charge on any atom is -0.325 e. The molecule has 0 atom stereocenters. The molecule has 8 nitrogen and oxygen atoms in total. The molecule has 0 unspecified atom stereocenters. The molecule has 3 aromatic rings. The lowest BCUT2D eigenvalue weighted by Crippen LogP contribution is -2.36. The minimum atomic E-state index is -3.79. The third-order valence-electron chi connectivity index (χ3n) is 4.38. The van der Waals surface area contributed by atoms with Crippen molar-refractivity contribution in [3.8, 4) is 0 Å². The number of benzene rings is 2. The van der Waals surface area contributed by atoms with Crippen molar-refractivity contribution in [2.45, 2.75) is 4.90 Å². The molecule has 1 aromatic heterocycles. The summed E-state index contributed by atoms with van der Waals surface area (Å²) < 4.78 is 27.5. The Kier molecular flexibility index (Phi) is 6.88. The third-order valence-corrected chi connectivity index (χ3v) is 7.93. The highest BCUT2D eigenvalue weighted by Gasteiger charge is 2.33. The number of nitrogens with one attached hydrogen (secondary N) is 2. The van der Waals surface area contributed by atoms with Crippen LogP contribution in [0.2, 0.25) is 0 Å². The second kappa shape index (κ2) is 9.83. The molecular formula is C21H16N4O4S4. The first kappa shape index (κ1) is 23.1. The number of amides is 2. The van der Waals surface area contributed by atoms with E-state index in [0.717, 1.165) is 28.7 Å².